The Morgan fingerprint density at radius 1 is 0.892 bits per heavy atom. The van der Waals surface area contributed by atoms with Crippen molar-refractivity contribution >= 4 is 17.5 Å². The summed E-state index contributed by atoms with van der Waals surface area (Å²) in [5.74, 6) is 2.60. The lowest BCUT2D eigenvalue weighted by molar-refractivity contribution is -0.00793. The number of amides is 1. The molecule has 0 atom stereocenters. The first kappa shape index (κ1) is 23.5. The number of carbonyl (C=O) groups is 1. The minimum Gasteiger partial charge on any atom is -0.336 e. The number of benzene rings is 2. The van der Waals surface area contributed by atoms with Gasteiger partial charge in [0.2, 0.25) is 0 Å². The number of halogens is 1. The van der Waals surface area contributed by atoms with Crippen molar-refractivity contribution in [2.75, 3.05) is 26.2 Å². The van der Waals surface area contributed by atoms with Gasteiger partial charge < -0.3 is 4.90 Å². The maximum atomic E-state index is 14.1. The average molecular weight is 515 g/mol. The van der Waals surface area contributed by atoms with Gasteiger partial charge >= 0.3 is 0 Å². The molecule has 5 fully saturated rings. The fourth-order valence-corrected chi connectivity index (χ4v) is 8.42. The Morgan fingerprint density at radius 2 is 1.57 bits per heavy atom. The number of nitrogens with zero attached hydrogens (tertiary/aromatic N) is 4. The Bertz CT molecular complexity index is 1260. The van der Waals surface area contributed by atoms with Gasteiger partial charge in [-0.15, -0.1) is 0 Å². The van der Waals surface area contributed by atoms with E-state index in [-0.39, 0.29) is 11.3 Å². The first-order valence-corrected chi connectivity index (χ1v) is 14.3. The van der Waals surface area contributed by atoms with E-state index in [2.05, 4.69) is 28.0 Å². The second kappa shape index (κ2) is 9.28. The molecular weight excluding hydrogens is 480 g/mol. The van der Waals surface area contributed by atoms with E-state index in [1.54, 1.807) is 0 Å². The molecular formula is C31H35ClN4O. The first-order valence-electron chi connectivity index (χ1n) is 14.0. The van der Waals surface area contributed by atoms with Gasteiger partial charge in [-0.1, -0.05) is 41.9 Å². The zero-order valence-electron chi connectivity index (χ0n) is 21.4. The molecule has 4 aliphatic carbocycles. The van der Waals surface area contributed by atoms with E-state index in [9.17, 15) is 4.79 Å². The average Bonchev–Trinajstić information content (AvgIpc) is 3.35. The van der Waals surface area contributed by atoms with Gasteiger partial charge in [-0.05, 0) is 86.1 Å². The molecule has 2 aromatic carbocycles. The number of hydrogen-bond donors (Lipinski definition) is 0. The standard InChI is InChI=1S/C31H35ClN4O/c32-26-6-4-5-22(16-26)20-34-9-11-35(12-10-34)30(37)28-21-36(27-7-2-1-3-8-27)33-29(28)31-17-23-13-24(18-31)15-25(14-23)19-31/h1-8,16,21,23-25H,9-15,17-20H2. The molecule has 4 bridgehead atoms. The first-order chi connectivity index (χ1) is 18.0. The summed E-state index contributed by atoms with van der Waals surface area (Å²) in [5, 5.41) is 5.99. The van der Waals surface area contributed by atoms with Crippen LogP contribution in [0.15, 0.2) is 60.8 Å². The molecule has 4 saturated carbocycles. The predicted octanol–water partition coefficient (Wildman–Crippen LogP) is 5.95. The highest BCUT2D eigenvalue weighted by molar-refractivity contribution is 6.30. The minimum absolute atomic E-state index is 0.0776. The SMILES string of the molecule is O=C(c1cn(-c2ccccc2)nc1C12CC3CC(CC(C3)C1)C2)N1CCN(Cc2cccc(Cl)c2)CC1. The van der Waals surface area contributed by atoms with Crippen LogP contribution in [-0.4, -0.2) is 51.7 Å². The van der Waals surface area contributed by atoms with Crippen molar-refractivity contribution in [2.45, 2.75) is 50.5 Å². The molecule has 0 N–H and O–H groups in total. The van der Waals surface area contributed by atoms with Crippen molar-refractivity contribution in [2.24, 2.45) is 17.8 Å². The number of hydrogen-bond acceptors (Lipinski definition) is 3. The summed E-state index contributed by atoms with van der Waals surface area (Å²) >= 11 is 6.19. The second-order valence-electron chi connectivity index (χ2n) is 12.1. The molecule has 0 spiro atoms. The quantitative estimate of drug-likeness (QED) is 0.422. The normalized spacial score (nSPS) is 29.1. The maximum absolute atomic E-state index is 14.1. The highest BCUT2D eigenvalue weighted by Crippen LogP contribution is 2.61. The zero-order valence-corrected chi connectivity index (χ0v) is 22.1. The van der Waals surface area contributed by atoms with Gasteiger partial charge in [0.15, 0.2) is 0 Å². The third kappa shape index (κ3) is 4.40. The van der Waals surface area contributed by atoms with E-state index in [4.69, 9.17) is 16.7 Å². The van der Waals surface area contributed by atoms with Crippen LogP contribution in [0.5, 0.6) is 0 Å². The van der Waals surface area contributed by atoms with Crippen LogP contribution in [0, 0.1) is 17.8 Å². The van der Waals surface area contributed by atoms with E-state index in [0.717, 1.165) is 72.4 Å². The molecule has 5 nitrogen and oxygen atoms in total. The van der Waals surface area contributed by atoms with Crippen molar-refractivity contribution in [3.05, 3.63) is 82.6 Å². The van der Waals surface area contributed by atoms with Crippen LogP contribution in [0.2, 0.25) is 5.02 Å². The van der Waals surface area contributed by atoms with Crippen LogP contribution >= 0.6 is 11.6 Å². The molecule has 5 aliphatic rings. The third-order valence-corrected chi connectivity index (χ3v) is 9.70. The predicted molar refractivity (Wildman–Crippen MR) is 146 cm³/mol. The molecule has 0 radical (unpaired) electrons. The molecule has 1 aromatic heterocycles. The zero-order chi connectivity index (χ0) is 25.0. The van der Waals surface area contributed by atoms with Crippen LogP contribution in [0.4, 0.5) is 0 Å². The molecule has 2 heterocycles. The Balaban J connectivity index is 1.15. The summed E-state index contributed by atoms with van der Waals surface area (Å²) in [6.07, 6.45) is 9.81. The van der Waals surface area contributed by atoms with Crippen LogP contribution in [0.1, 0.15) is 60.1 Å². The largest absolute Gasteiger partial charge is 0.336 e. The van der Waals surface area contributed by atoms with E-state index in [1.807, 2.05) is 47.3 Å². The maximum Gasteiger partial charge on any atom is 0.257 e. The number of rotatable bonds is 5. The Hall–Kier alpha value is -2.63. The van der Waals surface area contributed by atoms with Gasteiger partial charge in [-0.2, -0.15) is 5.10 Å². The number of piperazine rings is 1. The van der Waals surface area contributed by atoms with Gasteiger partial charge in [-0.3, -0.25) is 9.69 Å². The van der Waals surface area contributed by atoms with Crippen molar-refractivity contribution in [3.8, 4) is 5.69 Å². The fourth-order valence-electron chi connectivity index (χ4n) is 8.21. The van der Waals surface area contributed by atoms with Crippen molar-refractivity contribution in [3.63, 3.8) is 0 Å². The van der Waals surface area contributed by atoms with E-state index in [0.29, 0.717) is 0 Å². The third-order valence-electron chi connectivity index (χ3n) is 9.46. The van der Waals surface area contributed by atoms with Crippen molar-refractivity contribution < 1.29 is 4.79 Å². The van der Waals surface area contributed by atoms with Crippen LogP contribution in [0.25, 0.3) is 5.69 Å². The second-order valence-corrected chi connectivity index (χ2v) is 12.5. The Kier molecular flexibility index (Phi) is 5.89. The topological polar surface area (TPSA) is 41.4 Å². The van der Waals surface area contributed by atoms with Gasteiger partial charge in [-0.25, -0.2) is 4.68 Å². The summed E-state index contributed by atoms with van der Waals surface area (Å²) in [6.45, 7) is 4.11. The lowest BCUT2D eigenvalue weighted by atomic mass is 9.48. The van der Waals surface area contributed by atoms with Crippen molar-refractivity contribution in [1.29, 1.82) is 0 Å². The molecule has 1 saturated heterocycles. The Morgan fingerprint density at radius 3 is 2.22 bits per heavy atom. The summed E-state index contributed by atoms with van der Waals surface area (Å²) in [5.41, 5.74) is 4.25. The summed E-state index contributed by atoms with van der Waals surface area (Å²) in [4.78, 5) is 18.6. The van der Waals surface area contributed by atoms with Crippen LogP contribution in [-0.2, 0) is 12.0 Å². The molecule has 192 valence electrons. The molecule has 8 rings (SSSR count). The smallest absolute Gasteiger partial charge is 0.257 e. The molecule has 3 aromatic rings. The van der Waals surface area contributed by atoms with Gasteiger partial charge in [0, 0.05) is 49.4 Å². The van der Waals surface area contributed by atoms with Crippen molar-refractivity contribution in [1.82, 2.24) is 19.6 Å². The van der Waals surface area contributed by atoms with Gasteiger partial charge in [0.1, 0.15) is 0 Å². The summed E-state index contributed by atoms with van der Waals surface area (Å²) in [6, 6.07) is 18.4. The summed E-state index contributed by atoms with van der Waals surface area (Å²) < 4.78 is 1.97. The van der Waals surface area contributed by atoms with Gasteiger partial charge in [0.25, 0.3) is 5.91 Å². The fraction of sp³-hybridized carbons (Fsp3) is 0.484. The Labute approximate surface area is 224 Å². The minimum atomic E-state index is 0.0776. The highest BCUT2D eigenvalue weighted by Gasteiger charge is 2.54. The summed E-state index contributed by atoms with van der Waals surface area (Å²) in [7, 11) is 0. The molecule has 37 heavy (non-hydrogen) atoms. The van der Waals surface area contributed by atoms with Crippen LogP contribution < -0.4 is 0 Å². The molecule has 1 amide bonds. The molecule has 0 unspecified atom stereocenters. The number of carbonyl (C=O) groups excluding carboxylic acids is 1. The van der Waals surface area contributed by atoms with E-state index >= 15 is 0 Å². The monoisotopic (exact) mass is 514 g/mol. The van der Waals surface area contributed by atoms with Gasteiger partial charge in [0.05, 0.1) is 16.9 Å². The highest BCUT2D eigenvalue weighted by atomic mass is 35.5. The van der Waals surface area contributed by atoms with E-state index < -0.39 is 0 Å². The lowest BCUT2D eigenvalue weighted by Crippen LogP contribution is -2.51. The number of aromatic nitrogens is 2. The van der Waals surface area contributed by atoms with Crippen LogP contribution in [0.3, 0.4) is 0 Å². The molecule has 1 aliphatic heterocycles. The number of para-hydroxylation sites is 1. The molecule has 6 heteroatoms. The van der Waals surface area contributed by atoms with E-state index in [1.165, 1.54) is 44.1 Å². The lowest BCUT2D eigenvalue weighted by Gasteiger charge is -2.56.